The molecule has 4 heteroatoms. The molecule has 1 amide bonds. The van der Waals surface area contributed by atoms with Crippen molar-refractivity contribution >= 4 is 11.6 Å². The van der Waals surface area contributed by atoms with Crippen molar-refractivity contribution in [3.8, 4) is 0 Å². The minimum Gasteiger partial charge on any atom is -0.273 e. The molecule has 0 aromatic carbocycles. The molecule has 0 aliphatic heterocycles. The molecular weight excluding hydrogens is 286 g/mol. The monoisotopic (exact) mass is 311 g/mol. The van der Waals surface area contributed by atoms with E-state index in [1.54, 1.807) is 12.4 Å². The van der Waals surface area contributed by atoms with Crippen molar-refractivity contribution < 1.29 is 4.79 Å². The van der Waals surface area contributed by atoms with Crippen molar-refractivity contribution in [3.05, 3.63) is 30.1 Å². The average Bonchev–Trinajstić information content (AvgIpc) is 2.51. The highest BCUT2D eigenvalue weighted by Crippen LogP contribution is 2.61. The van der Waals surface area contributed by atoms with Crippen LogP contribution in [0.3, 0.4) is 0 Å². The van der Waals surface area contributed by atoms with Gasteiger partial charge in [-0.15, -0.1) is 0 Å². The third-order valence-electron chi connectivity index (χ3n) is 6.15. The van der Waals surface area contributed by atoms with Crippen LogP contribution < -0.4 is 5.43 Å². The summed E-state index contributed by atoms with van der Waals surface area (Å²) in [5.41, 5.74) is 4.88. The van der Waals surface area contributed by atoms with E-state index in [1.165, 1.54) is 38.5 Å². The fraction of sp³-hybridized carbons (Fsp3) is 0.632. The zero-order chi connectivity index (χ0) is 15.9. The van der Waals surface area contributed by atoms with E-state index in [2.05, 4.69) is 15.5 Å². The van der Waals surface area contributed by atoms with E-state index < -0.39 is 0 Å². The van der Waals surface area contributed by atoms with Crippen LogP contribution in [0.4, 0.5) is 0 Å². The number of nitrogens with zero attached hydrogens (tertiary/aromatic N) is 2. The highest BCUT2D eigenvalue weighted by atomic mass is 16.2. The van der Waals surface area contributed by atoms with Crippen molar-refractivity contribution in [3.63, 3.8) is 0 Å². The van der Waals surface area contributed by atoms with Gasteiger partial charge in [-0.05, 0) is 80.8 Å². The number of aromatic nitrogens is 1. The standard InChI is InChI=1S/C19H25N3O/c1-13(17-2-4-20-5-3-17)21-22-18(23)12-19-9-14-6-15(10-19)8-16(7-14)11-19/h2-5,14-16H,6-12H2,1H3,(H,22,23)/b21-13-. The number of nitrogens with one attached hydrogen (secondary N) is 1. The largest absolute Gasteiger partial charge is 0.273 e. The number of hydrogen-bond donors (Lipinski definition) is 1. The topological polar surface area (TPSA) is 54.4 Å². The normalized spacial score (nSPS) is 35.3. The van der Waals surface area contributed by atoms with E-state index in [0.29, 0.717) is 6.42 Å². The Kier molecular flexibility index (Phi) is 3.70. The van der Waals surface area contributed by atoms with Crippen LogP contribution in [-0.2, 0) is 4.79 Å². The predicted octanol–water partition coefficient (Wildman–Crippen LogP) is 3.53. The fourth-order valence-electron chi connectivity index (χ4n) is 5.69. The van der Waals surface area contributed by atoms with Crippen LogP contribution >= 0.6 is 0 Å². The first kappa shape index (κ1) is 14.9. The fourth-order valence-corrected chi connectivity index (χ4v) is 5.69. The summed E-state index contributed by atoms with van der Waals surface area (Å²) >= 11 is 0. The number of rotatable bonds is 4. The van der Waals surface area contributed by atoms with Gasteiger partial charge >= 0.3 is 0 Å². The van der Waals surface area contributed by atoms with Crippen LogP contribution in [0.15, 0.2) is 29.6 Å². The van der Waals surface area contributed by atoms with E-state index in [1.807, 2.05) is 19.1 Å². The highest BCUT2D eigenvalue weighted by Gasteiger charge is 2.51. The van der Waals surface area contributed by atoms with Crippen molar-refractivity contribution in [2.75, 3.05) is 0 Å². The SMILES string of the molecule is C/C(=N/NC(=O)CC12CC3CC(CC(C3)C1)C2)c1ccncc1. The number of carbonyl (C=O) groups excluding carboxylic acids is 1. The lowest BCUT2D eigenvalue weighted by molar-refractivity contribution is -0.129. The Labute approximate surface area is 137 Å². The minimum atomic E-state index is 0.0837. The second-order valence-corrected chi connectivity index (χ2v) is 8.06. The Hall–Kier alpha value is -1.71. The van der Waals surface area contributed by atoms with Gasteiger partial charge in [0, 0.05) is 24.4 Å². The molecule has 1 aromatic heterocycles. The lowest BCUT2D eigenvalue weighted by Gasteiger charge is -2.56. The summed E-state index contributed by atoms with van der Waals surface area (Å²) in [7, 11) is 0. The molecule has 4 aliphatic rings. The number of pyridine rings is 1. The van der Waals surface area contributed by atoms with Gasteiger partial charge in [0.15, 0.2) is 0 Å². The molecular formula is C19H25N3O. The summed E-state index contributed by atoms with van der Waals surface area (Å²) in [6.45, 7) is 1.92. The molecule has 23 heavy (non-hydrogen) atoms. The molecule has 4 aliphatic carbocycles. The van der Waals surface area contributed by atoms with Crippen molar-refractivity contribution in [2.24, 2.45) is 28.3 Å². The summed E-state index contributed by atoms with van der Waals surface area (Å²) in [6.07, 6.45) is 12.2. The maximum absolute atomic E-state index is 12.4. The maximum atomic E-state index is 12.4. The van der Waals surface area contributed by atoms with Gasteiger partial charge in [0.2, 0.25) is 5.91 Å². The summed E-state index contributed by atoms with van der Waals surface area (Å²) in [4.78, 5) is 16.4. The van der Waals surface area contributed by atoms with Gasteiger partial charge in [0.25, 0.3) is 0 Å². The van der Waals surface area contributed by atoms with Gasteiger partial charge < -0.3 is 0 Å². The second kappa shape index (κ2) is 5.73. The Morgan fingerprint density at radius 1 is 1.17 bits per heavy atom. The third kappa shape index (κ3) is 3.04. The van der Waals surface area contributed by atoms with Gasteiger partial charge in [-0.2, -0.15) is 5.10 Å². The smallest absolute Gasteiger partial charge is 0.240 e. The van der Waals surface area contributed by atoms with Crippen molar-refractivity contribution in [1.29, 1.82) is 0 Å². The predicted molar refractivity (Wildman–Crippen MR) is 89.8 cm³/mol. The van der Waals surface area contributed by atoms with Crippen molar-refractivity contribution in [2.45, 2.75) is 51.9 Å². The molecule has 4 saturated carbocycles. The Morgan fingerprint density at radius 2 is 1.74 bits per heavy atom. The molecule has 122 valence electrons. The second-order valence-electron chi connectivity index (χ2n) is 8.06. The molecule has 4 bridgehead atoms. The minimum absolute atomic E-state index is 0.0837. The molecule has 0 radical (unpaired) electrons. The lowest BCUT2D eigenvalue weighted by atomic mass is 9.49. The molecule has 1 heterocycles. The number of amides is 1. The van der Waals surface area contributed by atoms with Crippen LogP contribution in [0.5, 0.6) is 0 Å². The van der Waals surface area contributed by atoms with E-state index in [-0.39, 0.29) is 11.3 Å². The third-order valence-corrected chi connectivity index (χ3v) is 6.15. The van der Waals surface area contributed by atoms with Gasteiger partial charge in [0.1, 0.15) is 0 Å². The van der Waals surface area contributed by atoms with Gasteiger partial charge in [-0.3, -0.25) is 9.78 Å². The summed E-state index contributed by atoms with van der Waals surface area (Å²) < 4.78 is 0. The van der Waals surface area contributed by atoms with Crippen molar-refractivity contribution in [1.82, 2.24) is 10.4 Å². The zero-order valence-corrected chi connectivity index (χ0v) is 13.8. The van der Waals surface area contributed by atoms with E-state index in [4.69, 9.17) is 0 Å². The Bertz CT molecular complexity index is 587. The molecule has 0 atom stereocenters. The number of hydrogen-bond acceptors (Lipinski definition) is 3. The van der Waals surface area contributed by atoms with Crippen LogP contribution in [-0.4, -0.2) is 16.6 Å². The van der Waals surface area contributed by atoms with Crippen LogP contribution in [0.25, 0.3) is 0 Å². The molecule has 5 rings (SSSR count). The van der Waals surface area contributed by atoms with Gasteiger partial charge in [-0.1, -0.05) is 0 Å². The molecule has 0 unspecified atom stereocenters. The van der Waals surface area contributed by atoms with E-state index in [0.717, 1.165) is 29.0 Å². The first-order valence-electron chi connectivity index (χ1n) is 8.85. The molecule has 0 saturated heterocycles. The van der Waals surface area contributed by atoms with Crippen LogP contribution in [0.2, 0.25) is 0 Å². The lowest BCUT2D eigenvalue weighted by Crippen LogP contribution is -2.47. The molecule has 1 aromatic rings. The van der Waals surface area contributed by atoms with Gasteiger partial charge in [-0.25, -0.2) is 5.43 Å². The molecule has 4 nitrogen and oxygen atoms in total. The molecule has 1 N–H and O–H groups in total. The Morgan fingerprint density at radius 3 is 2.30 bits per heavy atom. The summed E-state index contributed by atoms with van der Waals surface area (Å²) in [5.74, 6) is 2.74. The zero-order valence-electron chi connectivity index (χ0n) is 13.8. The van der Waals surface area contributed by atoms with Crippen LogP contribution in [0.1, 0.15) is 57.4 Å². The highest BCUT2D eigenvalue weighted by molar-refractivity contribution is 5.99. The number of hydrazone groups is 1. The molecule has 4 fully saturated rings. The summed E-state index contributed by atoms with van der Waals surface area (Å²) in [5, 5.41) is 4.28. The van der Waals surface area contributed by atoms with Gasteiger partial charge in [0.05, 0.1) is 5.71 Å². The van der Waals surface area contributed by atoms with E-state index >= 15 is 0 Å². The Balaban J connectivity index is 1.39. The van der Waals surface area contributed by atoms with Crippen LogP contribution in [0, 0.1) is 23.2 Å². The number of carbonyl (C=O) groups is 1. The maximum Gasteiger partial charge on any atom is 0.240 e. The first-order valence-corrected chi connectivity index (χ1v) is 8.85. The first-order chi connectivity index (χ1) is 11.1. The quantitative estimate of drug-likeness (QED) is 0.683. The average molecular weight is 311 g/mol. The summed E-state index contributed by atoms with van der Waals surface area (Å²) in [6, 6.07) is 3.81. The van der Waals surface area contributed by atoms with E-state index in [9.17, 15) is 4.79 Å². The molecule has 0 spiro atoms.